The van der Waals surface area contributed by atoms with Crippen molar-refractivity contribution < 1.29 is 66.6 Å². The van der Waals surface area contributed by atoms with Crippen molar-refractivity contribution in [1.82, 2.24) is 5.32 Å². The summed E-state index contributed by atoms with van der Waals surface area (Å²) in [5, 5.41) is 35.8. The SMILES string of the molecule is CCC(C(=O)[C@@H](C)[C@@H](O)[C@H](C)[C@@H]1O[C@@H]([C@@H](CC)C(=O)O)CC[C@@H]1C)[C@H]1O[C@]2(C=C[C@@H](NC(=O)c3ccccc3C(F)(F)F)[C@]3(CC[C@@](C)([C@H]4CC[C@](O)(CC)[C@H](C)O4)O3)O2)[C@H](C)C[C@@H]1C. The minimum atomic E-state index is -4.78. The van der Waals surface area contributed by atoms with E-state index in [0.29, 0.717) is 51.4 Å². The van der Waals surface area contributed by atoms with Crippen LogP contribution < -0.4 is 5.32 Å². The fraction of sp³-hybridized carbons (Fsp3) is 0.780. The maximum absolute atomic E-state index is 14.7. The number of aliphatic hydroxyl groups excluding tert-OH is 1. The second-order valence-corrected chi connectivity index (χ2v) is 20.5. The Hall–Kier alpha value is -2.92. The largest absolute Gasteiger partial charge is 0.481 e. The fourth-order valence-corrected chi connectivity index (χ4v) is 11.8. The maximum atomic E-state index is 14.7. The van der Waals surface area contributed by atoms with E-state index in [0.717, 1.165) is 18.6 Å². The van der Waals surface area contributed by atoms with Crippen LogP contribution in [0.1, 0.15) is 149 Å². The summed E-state index contributed by atoms with van der Waals surface area (Å²) in [7, 11) is 0. The Morgan fingerprint density at radius 2 is 1.57 bits per heavy atom. The summed E-state index contributed by atoms with van der Waals surface area (Å²) in [5.41, 5.74) is -3.64. The molecule has 65 heavy (non-hydrogen) atoms. The van der Waals surface area contributed by atoms with Crippen LogP contribution in [0.25, 0.3) is 0 Å². The first-order valence-corrected chi connectivity index (χ1v) is 24.1. The Bertz CT molecular complexity index is 1900. The molecule has 6 rings (SSSR count). The highest BCUT2D eigenvalue weighted by molar-refractivity contribution is 5.96. The number of halogens is 3. The number of ketones is 1. The topological polar surface area (TPSA) is 170 Å². The maximum Gasteiger partial charge on any atom is 0.417 e. The van der Waals surface area contributed by atoms with E-state index >= 15 is 0 Å². The number of carbonyl (C=O) groups is 3. The summed E-state index contributed by atoms with van der Waals surface area (Å²) in [6.45, 7) is 18.9. The second-order valence-electron chi connectivity index (χ2n) is 20.5. The summed E-state index contributed by atoms with van der Waals surface area (Å²) in [4.78, 5) is 40.6. The molecular formula is C50H74F3NO11. The fourth-order valence-electron chi connectivity index (χ4n) is 11.8. The summed E-state index contributed by atoms with van der Waals surface area (Å²) in [5.74, 6) is -8.24. The first-order valence-electron chi connectivity index (χ1n) is 24.1. The molecule has 0 aromatic heterocycles. The van der Waals surface area contributed by atoms with Crippen LogP contribution in [0.5, 0.6) is 0 Å². The molecule has 1 amide bonds. The molecule has 15 heteroatoms. The molecule has 0 saturated carbocycles. The first kappa shape index (κ1) is 51.5. The number of ether oxygens (including phenoxy) is 5. The number of carbonyl (C=O) groups excluding carboxylic acids is 2. The Kier molecular flexibility index (Phi) is 15.5. The number of rotatable bonds is 14. The van der Waals surface area contributed by atoms with E-state index in [-0.39, 0.29) is 30.0 Å². The predicted octanol–water partition coefficient (Wildman–Crippen LogP) is 8.64. The lowest BCUT2D eigenvalue weighted by molar-refractivity contribution is -0.397. The van der Waals surface area contributed by atoms with E-state index in [1.54, 1.807) is 19.1 Å². The van der Waals surface area contributed by atoms with Gasteiger partial charge in [0.1, 0.15) is 11.8 Å². The van der Waals surface area contributed by atoms with Gasteiger partial charge in [-0.1, -0.05) is 73.6 Å². The van der Waals surface area contributed by atoms with Crippen LogP contribution >= 0.6 is 0 Å². The standard InChI is InChI=1S/C50H74F3NO11/c1-11-33(45(58)59)37-19-18-27(4)42(62-37)31(8)40(55)30(7)41(56)34(12-2)43-28(5)26-29(6)48(63-43)23-20-38(54-44(57)35-16-14-15-17-36(35)50(51,52)53)49(65-48)25-24-46(10,64-49)39-21-22-47(60,13-3)32(9)61-39/h14-17,20,23,27-34,37-40,42-43,55,60H,11-13,18-19,21-22,24-26H2,1-10H3,(H,54,57)(H,58,59)/t27-,28-,29+,30-,31-,32-,33+,34?,37+,38+,39+,40+,42+,43-,46-,47+,48-,49-/m0/s1. The van der Waals surface area contributed by atoms with Crippen LogP contribution in [0.3, 0.4) is 0 Å². The van der Waals surface area contributed by atoms with E-state index in [1.807, 2.05) is 62.3 Å². The monoisotopic (exact) mass is 922 g/mol. The van der Waals surface area contributed by atoms with Gasteiger partial charge in [0.15, 0.2) is 11.6 Å². The van der Waals surface area contributed by atoms with Crippen molar-refractivity contribution in [3.05, 3.63) is 47.5 Å². The zero-order chi connectivity index (χ0) is 48.0. The van der Waals surface area contributed by atoms with Crippen molar-refractivity contribution in [2.45, 2.75) is 205 Å². The quantitative estimate of drug-likeness (QED) is 0.132. The molecule has 1 aromatic rings. The highest BCUT2D eigenvalue weighted by atomic mass is 19.4. The predicted molar refractivity (Wildman–Crippen MR) is 235 cm³/mol. The van der Waals surface area contributed by atoms with Gasteiger partial charge in [-0.25, -0.2) is 0 Å². The molecule has 366 valence electrons. The third kappa shape index (κ3) is 9.99. The van der Waals surface area contributed by atoms with E-state index in [4.69, 9.17) is 23.7 Å². The van der Waals surface area contributed by atoms with Crippen LogP contribution in [-0.4, -0.2) is 98.4 Å². The molecule has 5 aliphatic rings. The molecule has 1 aromatic carbocycles. The molecule has 5 heterocycles. The van der Waals surface area contributed by atoms with E-state index < -0.39 is 118 Å². The van der Waals surface area contributed by atoms with Crippen molar-refractivity contribution in [3.8, 4) is 0 Å². The first-order chi connectivity index (χ1) is 30.4. The number of alkyl halides is 3. The van der Waals surface area contributed by atoms with Gasteiger partial charge in [0, 0.05) is 30.1 Å². The zero-order valence-corrected chi connectivity index (χ0v) is 39.9. The van der Waals surface area contributed by atoms with E-state index in [9.17, 15) is 42.9 Å². The summed E-state index contributed by atoms with van der Waals surface area (Å²) in [6, 6.07) is 3.53. The Morgan fingerprint density at radius 1 is 0.892 bits per heavy atom. The van der Waals surface area contributed by atoms with Crippen molar-refractivity contribution in [3.63, 3.8) is 0 Å². The lowest BCUT2D eigenvalue weighted by Crippen LogP contribution is -2.65. The number of aliphatic hydroxyl groups is 2. The molecule has 2 spiro atoms. The number of Topliss-reactive ketones (excluding diaryl/α,β-unsaturated/α-hetero) is 1. The molecule has 4 fully saturated rings. The number of hydrogen-bond donors (Lipinski definition) is 4. The molecule has 4 N–H and O–H groups in total. The van der Waals surface area contributed by atoms with Crippen LogP contribution in [0, 0.1) is 41.4 Å². The third-order valence-corrected chi connectivity index (χ3v) is 16.2. The Labute approximate surface area is 382 Å². The highest BCUT2D eigenvalue weighted by Gasteiger charge is 2.63. The zero-order valence-electron chi connectivity index (χ0n) is 39.9. The van der Waals surface area contributed by atoms with Gasteiger partial charge in [0.2, 0.25) is 0 Å². The molecule has 0 bridgehead atoms. The molecule has 0 aliphatic carbocycles. The van der Waals surface area contributed by atoms with Crippen molar-refractivity contribution in [1.29, 1.82) is 0 Å². The smallest absolute Gasteiger partial charge is 0.417 e. The number of amides is 1. The van der Waals surface area contributed by atoms with Gasteiger partial charge in [0.25, 0.3) is 5.91 Å². The van der Waals surface area contributed by atoms with E-state index in [1.165, 1.54) is 12.1 Å². The molecule has 1 unspecified atom stereocenters. The lowest BCUT2D eigenvalue weighted by Gasteiger charge is -2.55. The minimum Gasteiger partial charge on any atom is -0.481 e. The van der Waals surface area contributed by atoms with Crippen LogP contribution in [0.2, 0.25) is 0 Å². The average Bonchev–Trinajstić information content (AvgIpc) is 3.60. The number of aliphatic carboxylic acids is 1. The molecule has 5 aliphatic heterocycles. The molecule has 18 atom stereocenters. The second kappa shape index (κ2) is 19.6. The van der Waals surface area contributed by atoms with Crippen molar-refractivity contribution in [2.24, 2.45) is 41.4 Å². The highest BCUT2D eigenvalue weighted by Crippen LogP contribution is 2.54. The number of hydrogen-bond acceptors (Lipinski definition) is 10. The molecule has 12 nitrogen and oxygen atoms in total. The van der Waals surface area contributed by atoms with Gasteiger partial charge >= 0.3 is 12.1 Å². The van der Waals surface area contributed by atoms with E-state index in [2.05, 4.69) is 5.32 Å². The average molecular weight is 922 g/mol. The molecule has 0 radical (unpaired) electrons. The summed E-state index contributed by atoms with van der Waals surface area (Å²) in [6.07, 6.45) is -0.377. The van der Waals surface area contributed by atoms with Gasteiger partial charge in [-0.2, -0.15) is 13.2 Å². The molecular weight excluding hydrogens is 848 g/mol. The van der Waals surface area contributed by atoms with Crippen molar-refractivity contribution >= 4 is 17.7 Å². The van der Waals surface area contributed by atoms with Gasteiger partial charge in [-0.05, 0) is 102 Å². The van der Waals surface area contributed by atoms with Gasteiger partial charge in [0.05, 0.1) is 64.9 Å². The summed E-state index contributed by atoms with van der Waals surface area (Å²) >= 11 is 0. The van der Waals surface area contributed by atoms with Crippen LogP contribution in [-0.2, 0) is 39.4 Å². The number of benzene rings is 1. The summed E-state index contributed by atoms with van der Waals surface area (Å²) < 4.78 is 76.6. The molecule has 4 saturated heterocycles. The van der Waals surface area contributed by atoms with Gasteiger partial charge in [-0.3, -0.25) is 14.4 Å². The number of carboxylic acid groups (broad SMARTS) is 1. The van der Waals surface area contributed by atoms with Gasteiger partial charge < -0.3 is 44.3 Å². The van der Waals surface area contributed by atoms with Crippen LogP contribution in [0.4, 0.5) is 13.2 Å². The van der Waals surface area contributed by atoms with Crippen LogP contribution in [0.15, 0.2) is 36.4 Å². The Balaban J connectivity index is 1.28. The van der Waals surface area contributed by atoms with Gasteiger partial charge in [-0.15, -0.1) is 0 Å². The number of carboxylic acids is 1. The number of nitrogens with one attached hydrogen (secondary N) is 1. The van der Waals surface area contributed by atoms with Crippen molar-refractivity contribution in [2.75, 3.05) is 0 Å². The third-order valence-electron chi connectivity index (χ3n) is 16.2. The lowest BCUT2D eigenvalue weighted by atomic mass is 9.72. The minimum absolute atomic E-state index is 0.0392. The normalized spacial score (nSPS) is 40.0. The Morgan fingerprint density at radius 3 is 2.18 bits per heavy atom.